The van der Waals surface area contributed by atoms with E-state index in [2.05, 4.69) is 15.8 Å². The van der Waals surface area contributed by atoms with Gasteiger partial charge in [-0.05, 0) is 31.2 Å². The Morgan fingerprint density at radius 2 is 1.79 bits per heavy atom. The second-order valence-corrected chi connectivity index (χ2v) is 4.84. The van der Waals surface area contributed by atoms with Crippen molar-refractivity contribution in [1.82, 2.24) is 5.16 Å². The number of nitrogens with zero attached hydrogens (tertiary/aromatic N) is 2. The van der Waals surface area contributed by atoms with Crippen LogP contribution in [0.5, 0.6) is 0 Å². The third kappa shape index (κ3) is 3.78. The molecule has 0 spiro atoms. The molecule has 0 aliphatic rings. The zero-order valence-corrected chi connectivity index (χ0v) is 13.0. The van der Waals surface area contributed by atoms with Gasteiger partial charge in [0.1, 0.15) is 11.8 Å². The number of hydrogen-bond acceptors (Lipinski definition) is 6. The zero-order chi connectivity index (χ0) is 17.7. The lowest BCUT2D eigenvalue weighted by Gasteiger charge is -2.07. The number of aryl methyl sites for hydroxylation is 1. The standard InChI is InChI=1S/C16H14N4O4/c1-9-14(8-18-24-9)15(22)13(7-17)16(23)20-12-5-3-11(4-6-12)19-10(2)21/h3-6,8,22H,1-2H3,(H,19,21)(H,20,23). The third-order valence-corrected chi connectivity index (χ3v) is 3.04. The summed E-state index contributed by atoms with van der Waals surface area (Å²) in [6.07, 6.45) is 1.22. The fourth-order valence-corrected chi connectivity index (χ4v) is 1.91. The molecule has 0 saturated carbocycles. The number of nitrogens with one attached hydrogen (secondary N) is 2. The Labute approximate surface area is 137 Å². The van der Waals surface area contributed by atoms with Crippen molar-refractivity contribution in [1.29, 1.82) is 5.26 Å². The van der Waals surface area contributed by atoms with Gasteiger partial charge in [-0.2, -0.15) is 5.26 Å². The molecule has 1 aromatic heterocycles. The minimum absolute atomic E-state index is 0.169. The molecule has 3 N–H and O–H groups in total. The largest absolute Gasteiger partial charge is 0.506 e. The molecule has 0 fully saturated rings. The maximum atomic E-state index is 12.2. The Hall–Kier alpha value is -3.60. The first-order valence-electron chi connectivity index (χ1n) is 6.86. The van der Waals surface area contributed by atoms with Crippen LogP contribution in [0.3, 0.4) is 0 Å². The van der Waals surface area contributed by atoms with E-state index in [1.807, 2.05) is 0 Å². The summed E-state index contributed by atoms with van der Waals surface area (Å²) < 4.78 is 4.80. The van der Waals surface area contributed by atoms with E-state index in [9.17, 15) is 14.7 Å². The van der Waals surface area contributed by atoms with Crippen molar-refractivity contribution < 1.29 is 19.2 Å². The van der Waals surface area contributed by atoms with Gasteiger partial charge < -0.3 is 20.3 Å². The summed E-state index contributed by atoms with van der Waals surface area (Å²) in [7, 11) is 0. The van der Waals surface area contributed by atoms with E-state index in [1.165, 1.54) is 13.1 Å². The Morgan fingerprint density at radius 1 is 1.21 bits per heavy atom. The average Bonchev–Trinajstić information content (AvgIpc) is 2.95. The molecule has 0 unspecified atom stereocenters. The fourth-order valence-electron chi connectivity index (χ4n) is 1.91. The SMILES string of the molecule is CC(=O)Nc1ccc(NC(=O)C(C#N)=C(O)c2cnoc2C)cc1. The molecule has 8 heteroatoms. The molecule has 2 aromatic rings. The van der Waals surface area contributed by atoms with E-state index in [0.717, 1.165) is 0 Å². The van der Waals surface area contributed by atoms with Crippen molar-refractivity contribution in [2.24, 2.45) is 0 Å². The van der Waals surface area contributed by atoms with Gasteiger partial charge in [0.25, 0.3) is 5.91 Å². The summed E-state index contributed by atoms with van der Waals surface area (Å²) in [5, 5.41) is 27.8. The number of aromatic nitrogens is 1. The number of aliphatic hydroxyl groups excluding tert-OH is 1. The van der Waals surface area contributed by atoms with Crippen LogP contribution in [-0.2, 0) is 9.59 Å². The molecule has 0 aliphatic heterocycles. The number of aliphatic hydroxyl groups is 1. The fraction of sp³-hybridized carbons (Fsp3) is 0.125. The highest BCUT2D eigenvalue weighted by atomic mass is 16.5. The van der Waals surface area contributed by atoms with Crippen molar-refractivity contribution >= 4 is 28.9 Å². The number of hydrogen-bond donors (Lipinski definition) is 3. The molecular weight excluding hydrogens is 312 g/mol. The van der Waals surface area contributed by atoms with Crippen molar-refractivity contribution in [3.05, 3.63) is 47.4 Å². The minimum atomic E-state index is -0.775. The molecule has 0 radical (unpaired) electrons. The highest BCUT2D eigenvalue weighted by molar-refractivity contribution is 6.11. The quantitative estimate of drug-likeness (QED) is 0.449. The number of benzene rings is 1. The molecule has 0 atom stereocenters. The predicted molar refractivity (Wildman–Crippen MR) is 85.8 cm³/mol. The molecule has 8 nitrogen and oxygen atoms in total. The van der Waals surface area contributed by atoms with Gasteiger partial charge in [-0.3, -0.25) is 9.59 Å². The molecule has 0 aliphatic carbocycles. The molecule has 1 heterocycles. The number of rotatable bonds is 4. The van der Waals surface area contributed by atoms with E-state index in [0.29, 0.717) is 11.4 Å². The first-order chi connectivity index (χ1) is 11.4. The Balaban J connectivity index is 2.20. The van der Waals surface area contributed by atoms with Crippen LogP contribution in [0, 0.1) is 18.3 Å². The second kappa shape index (κ2) is 7.11. The van der Waals surface area contributed by atoms with Gasteiger partial charge in [0, 0.05) is 18.3 Å². The number of anilines is 2. The summed E-state index contributed by atoms with van der Waals surface area (Å²) in [6.45, 7) is 2.93. The lowest BCUT2D eigenvalue weighted by atomic mass is 10.1. The highest BCUT2D eigenvalue weighted by Gasteiger charge is 2.19. The molecule has 0 saturated heterocycles. The van der Waals surface area contributed by atoms with E-state index in [1.54, 1.807) is 37.3 Å². The summed E-state index contributed by atoms with van der Waals surface area (Å²) >= 11 is 0. The maximum absolute atomic E-state index is 12.2. The monoisotopic (exact) mass is 326 g/mol. The predicted octanol–water partition coefficient (Wildman–Crippen LogP) is 2.37. The van der Waals surface area contributed by atoms with Crippen LogP contribution >= 0.6 is 0 Å². The second-order valence-electron chi connectivity index (χ2n) is 4.84. The van der Waals surface area contributed by atoms with E-state index in [4.69, 9.17) is 9.78 Å². The van der Waals surface area contributed by atoms with Gasteiger partial charge in [0.05, 0.1) is 11.8 Å². The number of carbonyl (C=O) groups is 2. The van der Waals surface area contributed by atoms with Crippen LogP contribution in [0.2, 0.25) is 0 Å². The Kier molecular flexibility index (Phi) is 4.96. The molecular formula is C16H14N4O4. The molecule has 24 heavy (non-hydrogen) atoms. The zero-order valence-electron chi connectivity index (χ0n) is 13.0. The van der Waals surface area contributed by atoms with Crippen LogP contribution in [0.1, 0.15) is 18.2 Å². The number of amides is 2. The average molecular weight is 326 g/mol. The van der Waals surface area contributed by atoms with Crippen LogP contribution in [0.15, 0.2) is 40.6 Å². The number of nitriles is 1. The maximum Gasteiger partial charge on any atom is 0.270 e. The summed E-state index contributed by atoms with van der Waals surface area (Å²) in [6, 6.07) is 7.96. The third-order valence-electron chi connectivity index (χ3n) is 3.04. The number of carbonyl (C=O) groups excluding carboxylic acids is 2. The van der Waals surface area contributed by atoms with E-state index >= 15 is 0 Å². The minimum Gasteiger partial charge on any atom is -0.506 e. The smallest absolute Gasteiger partial charge is 0.270 e. The highest BCUT2D eigenvalue weighted by Crippen LogP contribution is 2.21. The summed E-state index contributed by atoms with van der Waals surface area (Å²) in [5.41, 5.74) is 0.672. The van der Waals surface area contributed by atoms with Crippen LogP contribution in [-0.4, -0.2) is 22.1 Å². The van der Waals surface area contributed by atoms with Gasteiger partial charge in [0.2, 0.25) is 5.91 Å². The topological polar surface area (TPSA) is 128 Å². The first kappa shape index (κ1) is 16.8. The lowest BCUT2D eigenvalue weighted by Crippen LogP contribution is -2.15. The van der Waals surface area contributed by atoms with Crippen molar-refractivity contribution in [3.63, 3.8) is 0 Å². The summed E-state index contributed by atoms with van der Waals surface area (Å²) in [4.78, 5) is 23.1. The Bertz CT molecular complexity index is 844. The van der Waals surface area contributed by atoms with Crippen LogP contribution < -0.4 is 10.6 Å². The molecule has 2 rings (SSSR count). The van der Waals surface area contributed by atoms with Crippen molar-refractivity contribution in [2.45, 2.75) is 13.8 Å². The van der Waals surface area contributed by atoms with E-state index < -0.39 is 17.2 Å². The van der Waals surface area contributed by atoms with Crippen LogP contribution in [0.4, 0.5) is 11.4 Å². The molecule has 0 bridgehead atoms. The lowest BCUT2D eigenvalue weighted by molar-refractivity contribution is -0.114. The Morgan fingerprint density at radius 3 is 2.25 bits per heavy atom. The van der Waals surface area contributed by atoms with Gasteiger partial charge in [-0.1, -0.05) is 5.16 Å². The van der Waals surface area contributed by atoms with Crippen molar-refractivity contribution in [2.75, 3.05) is 10.6 Å². The van der Waals surface area contributed by atoms with Gasteiger partial charge >= 0.3 is 0 Å². The first-order valence-corrected chi connectivity index (χ1v) is 6.86. The van der Waals surface area contributed by atoms with E-state index in [-0.39, 0.29) is 17.2 Å². The normalized spacial score (nSPS) is 11.2. The van der Waals surface area contributed by atoms with Gasteiger partial charge in [0.15, 0.2) is 11.3 Å². The van der Waals surface area contributed by atoms with Crippen molar-refractivity contribution in [3.8, 4) is 6.07 Å². The van der Waals surface area contributed by atoms with Gasteiger partial charge in [-0.15, -0.1) is 0 Å². The van der Waals surface area contributed by atoms with Crippen LogP contribution in [0.25, 0.3) is 5.76 Å². The molecule has 122 valence electrons. The molecule has 2 amide bonds. The van der Waals surface area contributed by atoms with Gasteiger partial charge in [-0.25, -0.2) is 0 Å². The molecule has 1 aromatic carbocycles. The summed E-state index contributed by atoms with van der Waals surface area (Å²) in [5.74, 6) is -1.21.